The van der Waals surface area contributed by atoms with Crippen molar-refractivity contribution < 1.29 is 4.79 Å². The van der Waals surface area contributed by atoms with E-state index in [1.807, 2.05) is 9.80 Å². The van der Waals surface area contributed by atoms with E-state index in [0.717, 1.165) is 39.1 Å². The van der Waals surface area contributed by atoms with Crippen LogP contribution in [0.4, 0.5) is 4.79 Å². The summed E-state index contributed by atoms with van der Waals surface area (Å²) in [5.41, 5.74) is 0. The van der Waals surface area contributed by atoms with Crippen LogP contribution in [0.3, 0.4) is 0 Å². The van der Waals surface area contributed by atoms with Crippen LogP contribution in [0.25, 0.3) is 0 Å². The van der Waals surface area contributed by atoms with Gasteiger partial charge in [-0.2, -0.15) is 0 Å². The van der Waals surface area contributed by atoms with E-state index in [2.05, 4.69) is 25.9 Å². The monoisotopic (exact) mass is 269 g/mol. The quantitative estimate of drug-likeness (QED) is 0.570. The molecule has 112 valence electrons. The molecule has 1 rings (SSSR count). The summed E-state index contributed by atoms with van der Waals surface area (Å²) in [4.78, 5) is 18.3. The normalized spacial score (nSPS) is 15.9. The molecule has 0 unspecified atom stereocenters. The van der Waals surface area contributed by atoms with Crippen molar-refractivity contribution in [3.8, 4) is 0 Å². The minimum atomic E-state index is 0.246. The third-order valence-electron chi connectivity index (χ3n) is 3.78. The van der Waals surface area contributed by atoms with E-state index in [1.165, 1.54) is 32.1 Å². The maximum Gasteiger partial charge on any atom is 0.320 e. The molecule has 1 fully saturated rings. The summed E-state index contributed by atoms with van der Waals surface area (Å²) < 4.78 is 0. The van der Waals surface area contributed by atoms with Crippen LogP contribution in [0.15, 0.2) is 0 Å². The van der Waals surface area contributed by atoms with Crippen LogP contribution >= 0.6 is 0 Å². The summed E-state index contributed by atoms with van der Waals surface area (Å²) in [5.74, 6) is 0. The van der Waals surface area contributed by atoms with Crippen LogP contribution in [0, 0.1) is 0 Å². The van der Waals surface area contributed by atoms with Gasteiger partial charge in [-0.15, -0.1) is 0 Å². The molecule has 0 aromatic rings. The predicted octanol–water partition coefficient (Wildman–Crippen LogP) is 2.65. The van der Waals surface area contributed by atoms with E-state index < -0.39 is 0 Å². The molecule has 0 atom stereocenters. The molecule has 0 spiro atoms. The molecule has 0 aliphatic carbocycles. The van der Waals surface area contributed by atoms with Crippen molar-refractivity contribution in [3.05, 3.63) is 0 Å². The van der Waals surface area contributed by atoms with Crippen molar-refractivity contribution in [2.24, 2.45) is 0 Å². The summed E-state index contributed by atoms with van der Waals surface area (Å²) in [5, 5.41) is 0. The second-order valence-corrected chi connectivity index (χ2v) is 5.83. The zero-order valence-corrected chi connectivity index (χ0v) is 13.0. The van der Waals surface area contributed by atoms with Crippen molar-refractivity contribution in [2.45, 2.75) is 45.4 Å². The predicted molar refractivity (Wildman–Crippen MR) is 80.5 cm³/mol. The summed E-state index contributed by atoms with van der Waals surface area (Å²) in [6.07, 6.45) is 7.74. The number of rotatable bonds is 10. The Morgan fingerprint density at radius 3 is 2.16 bits per heavy atom. The van der Waals surface area contributed by atoms with E-state index in [9.17, 15) is 4.79 Å². The van der Waals surface area contributed by atoms with Crippen LogP contribution < -0.4 is 0 Å². The molecule has 0 N–H and O–H groups in total. The molecule has 1 saturated heterocycles. The largest absolute Gasteiger partial charge is 0.323 e. The Morgan fingerprint density at radius 1 is 0.947 bits per heavy atom. The number of urea groups is 1. The number of hydrogen-bond donors (Lipinski definition) is 0. The lowest BCUT2D eigenvalue weighted by Gasteiger charge is -2.20. The summed E-state index contributed by atoms with van der Waals surface area (Å²) >= 11 is 0. The molecule has 2 amide bonds. The van der Waals surface area contributed by atoms with Crippen molar-refractivity contribution in [3.63, 3.8) is 0 Å². The smallest absolute Gasteiger partial charge is 0.320 e. The summed E-state index contributed by atoms with van der Waals surface area (Å²) in [6, 6.07) is 0.246. The Labute approximate surface area is 118 Å². The Balaban J connectivity index is 2.10. The molecule has 1 aliphatic heterocycles. The lowest BCUT2D eigenvalue weighted by molar-refractivity contribution is 0.187. The molecule has 0 radical (unpaired) electrons. The summed E-state index contributed by atoms with van der Waals surface area (Å²) in [7, 11) is 4.10. The molecule has 19 heavy (non-hydrogen) atoms. The van der Waals surface area contributed by atoms with Crippen molar-refractivity contribution in [2.75, 3.05) is 46.8 Å². The highest BCUT2D eigenvalue weighted by atomic mass is 16.2. The third-order valence-corrected chi connectivity index (χ3v) is 3.78. The molecule has 4 heteroatoms. The average Bonchev–Trinajstić information content (AvgIpc) is 2.72. The van der Waals surface area contributed by atoms with Gasteiger partial charge in [-0.05, 0) is 20.5 Å². The number of carbonyl (C=O) groups is 1. The zero-order chi connectivity index (χ0) is 14.1. The molecule has 0 aromatic carbocycles. The van der Waals surface area contributed by atoms with E-state index in [4.69, 9.17) is 0 Å². The molecule has 1 aliphatic rings. The van der Waals surface area contributed by atoms with Crippen LogP contribution in [-0.4, -0.2) is 67.5 Å². The van der Waals surface area contributed by atoms with Crippen molar-refractivity contribution >= 4 is 6.03 Å². The fraction of sp³-hybridized carbons (Fsp3) is 0.933. The van der Waals surface area contributed by atoms with E-state index in [-0.39, 0.29) is 6.03 Å². The lowest BCUT2D eigenvalue weighted by atomic mass is 10.1. The Kier molecular flexibility index (Phi) is 7.87. The van der Waals surface area contributed by atoms with Crippen LogP contribution in [0.1, 0.15) is 45.4 Å². The van der Waals surface area contributed by atoms with E-state index in [0.29, 0.717) is 0 Å². The van der Waals surface area contributed by atoms with E-state index in [1.54, 1.807) is 0 Å². The molecule has 0 saturated carbocycles. The second-order valence-electron chi connectivity index (χ2n) is 5.83. The van der Waals surface area contributed by atoms with E-state index >= 15 is 0 Å². The number of carbonyl (C=O) groups excluding carboxylic acids is 1. The van der Waals surface area contributed by atoms with Gasteiger partial charge in [0.1, 0.15) is 0 Å². The molecular formula is C15H31N3O. The molecule has 0 bridgehead atoms. The number of nitrogens with zero attached hydrogens (tertiary/aromatic N) is 3. The fourth-order valence-electron chi connectivity index (χ4n) is 2.45. The third kappa shape index (κ3) is 6.28. The van der Waals surface area contributed by atoms with Gasteiger partial charge in [0, 0.05) is 32.7 Å². The van der Waals surface area contributed by atoms with Gasteiger partial charge in [0.2, 0.25) is 0 Å². The first-order valence-electron chi connectivity index (χ1n) is 7.83. The Morgan fingerprint density at radius 2 is 1.53 bits per heavy atom. The average molecular weight is 269 g/mol. The SMILES string of the molecule is CCCCCCCCN1CCN(CCN(C)C)C1=O. The molecule has 4 nitrogen and oxygen atoms in total. The van der Waals surface area contributed by atoms with Gasteiger partial charge in [-0.1, -0.05) is 39.0 Å². The van der Waals surface area contributed by atoms with Crippen LogP contribution in [0.5, 0.6) is 0 Å². The van der Waals surface area contributed by atoms with Gasteiger partial charge in [0.15, 0.2) is 0 Å². The van der Waals surface area contributed by atoms with Gasteiger partial charge < -0.3 is 14.7 Å². The van der Waals surface area contributed by atoms with Crippen LogP contribution in [0.2, 0.25) is 0 Å². The first kappa shape index (κ1) is 16.3. The zero-order valence-electron chi connectivity index (χ0n) is 13.0. The maximum atomic E-state index is 12.1. The lowest BCUT2D eigenvalue weighted by Crippen LogP contribution is -2.36. The van der Waals surface area contributed by atoms with Gasteiger partial charge in [0.05, 0.1) is 0 Å². The highest BCUT2D eigenvalue weighted by Crippen LogP contribution is 2.11. The topological polar surface area (TPSA) is 26.8 Å². The number of unbranched alkanes of at least 4 members (excludes halogenated alkanes) is 5. The number of hydrogen-bond acceptors (Lipinski definition) is 2. The van der Waals surface area contributed by atoms with Crippen molar-refractivity contribution in [1.29, 1.82) is 0 Å². The summed E-state index contributed by atoms with van der Waals surface area (Å²) in [6.45, 7) is 6.83. The van der Waals surface area contributed by atoms with Gasteiger partial charge in [-0.25, -0.2) is 4.79 Å². The maximum absolute atomic E-state index is 12.1. The minimum absolute atomic E-state index is 0.246. The van der Waals surface area contributed by atoms with Crippen LogP contribution in [-0.2, 0) is 0 Å². The van der Waals surface area contributed by atoms with Gasteiger partial charge in [0.25, 0.3) is 0 Å². The van der Waals surface area contributed by atoms with Gasteiger partial charge >= 0.3 is 6.03 Å². The number of amides is 2. The first-order valence-corrected chi connectivity index (χ1v) is 7.83. The first-order chi connectivity index (χ1) is 9.15. The Bertz CT molecular complexity index is 256. The number of likely N-dealkylation sites (N-methyl/N-ethyl adjacent to an activating group) is 1. The second kappa shape index (κ2) is 9.18. The highest BCUT2D eigenvalue weighted by Gasteiger charge is 2.27. The standard InChI is InChI=1S/C15H31N3O/c1-4-5-6-7-8-9-10-17-13-14-18(15(17)19)12-11-16(2)3/h4-14H2,1-3H3. The fourth-order valence-corrected chi connectivity index (χ4v) is 2.45. The minimum Gasteiger partial charge on any atom is -0.323 e. The van der Waals surface area contributed by atoms with Gasteiger partial charge in [-0.3, -0.25) is 0 Å². The highest BCUT2D eigenvalue weighted by molar-refractivity contribution is 5.76. The van der Waals surface area contributed by atoms with Crippen molar-refractivity contribution in [1.82, 2.24) is 14.7 Å². The Hall–Kier alpha value is -0.770. The molecule has 0 aromatic heterocycles. The molecular weight excluding hydrogens is 238 g/mol. The molecule has 1 heterocycles.